The maximum atomic E-state index is 13.3. The van der Waals surface area contributed by atoms with E-state index in [9.17, 15) is 40.3 Å². The largest absolute Gasteiger partial charge is 0.492 e. The second kappa shape index (κ2) is 13.7. The summed E-state index contributed by atoms with van der Waals surface area (Å²) < 4.78 is 108. The molecule has 0 saturated heterocycles. The van der Waals surface area contributed by atoms with Gasteiger partial charge in [0.2, 0.25) is 0 Å². The van der Waals surface area contributed by atoms with Crippen molar-refractivity contribution in [1.29, 1.82) is 0 Å². The van der Waals surface area contributed by atoms with Gasteiger partial charge in [-0.15, -0.1) is 0 Å². The van der Waals surface area contributed by atoms with Gasteiger partial charge in [0.15, 0.2) is 6.10 Å². The SMILES string of the molecule is CCOC(Cc1ccc(OCCN(CCOC(F)(F)C(F)(F)C(F)(F)F)C(=O)OC(C)C)cc1)C(=O)O. The zero-order valence-corrected chi connectivity index (χ0v) is 20.2. The number of hydrogen-bond donors (Lipinski definition) is 1. The van der Waals surface area contributed by atoms with Crippen molar-refractivity contribution in [3.8, 4) is 5.75 Å². The minimum atomic E-state index is -6.55. The lowest BCUT2D eigenvalue weighted by Gasteiger charge is -2.29. The fourth-order valence-corrected chi connectivity index (χ4v) is 2.74. The van der Waals surface area contributed by atoms with Gasteiger partial charge in [0.25, 0.3) is 0 Å². The van der Waals surface area contributed by atoms with Crippen molar-refractivity contribution in [3.05, 3.63) is 29.8 Å². The number of carboxylic acid groups (broad SMARTS) is 1. The van der Waals surface area contributed by atoms with Crippen LogP contribution in [0, 0.1) is 0 Å². The number of alkyl halides is 7. The van der Waals surface area contributed by atoms with Gasteiger partial charge < -0.3 is 29.0 Å². The molecular formula is C22H28F7NO7. The number of carbonyl (C=O) groups excluding carboxylic acids is 1. The van der Waals surface area contributed by atoms with Crippen LogP contribution in [-0.4, -0.2) is 85.4 Å². The molecule has 0 saturated carbocycles. The van der Waals surface area contributed by atoms with Crippen LogP contribution in [0.4, 0.5) is 35.5 Å². The molecule has 1 aromatic carbocycles. The van der Waals surface area contributed by atoms with Crippen molar-refractivity contribution < 1.29 is 64.4 Å². The number of benzene rings is 1. The van der Waals surface area contributed by atoms with Gasteiger partial charge in [-0.1, -0.05) is 12.1 Å². The number of nitrogens with zero attached hydrogens (tertiary/aromatic N) is 1. The highest BCUT2D eigenvalue weighted by atomic mass is 19.4. The molecule has 37 heavy (non-hydrogen) atoms. The van der Waals surface area contributed by atoms with E-state index in [2.05, 4.69) is 4.74 Å². The van der Waals surface area contributed by atoms with Gasteiger partial charge in [0.1, 0.15) is 12.4 Å². The summed E-state index contributed by atoms with van der Waals surface area (Å²) in [5, 5.41) is 9.14. The molecule has 0 bridgehead atoms. The molecule has 1 amide bonds. The normalized spacial score (nSPS) is 13.4. The molecule has 0 aliphatic carbocycles. The van der Waals surface area contributed by atoms with Crippen molar-refractivity contribution in [1.82, 2.24) is 4.90 Å². The maximum absolute atomic E-state index is 13.3. The van der Waals surface area contributed by atoms with E-state index in [1.54, 1.807) is 19.1 Å². The lowest BCUT2D eigenvalue weighted by Crippen LogP contribution is -2.54. The summed E-state index contributed by atoms with van der Waals surface area (Å²) in [6, 6.07) is 6.15. The Morgan fingerprint density at radius 2 is 1.54 bits per heavy atom. The number of ether oxygens (including phenoxy) is 4. The summed E-state index contributed by atoms with van der Waals surface area (Å²) in [4.78, 5) is 24.1. The molecule has 0 spiro atoms. The molecule has 0 aliphatic rings. The molecule has 0 aromatic heterocycles. The summed E-state index contributed by atoms with van der Waals surface area (Å²) in [6.07, 6.45) is -15.1. The van der Waals surface area contributed by atoms with E-state index in [0.717, 1.165) is 4.90 Å². The van der Waals surface area contributed by atoms with Gasteiger partial charge in [-0.05, 0) is 38.5 Å². The molecule has 212 valence electrons. The highest BCUT2D eigenvalue weighted by Gasteiger charge is 2.74. The lowest BCUT2D eigenvalue weighted by molar-refractivity contribution is -0.423. The van der Waals surface area contributed by atoms with E-state index >= 15 is 0 Å². The van der Waals surface area contributed by atoms with Gasteiger partial charge in [-0.3, -0.25) is 0 Å². The Labute approximate surface area is 208 Å². The molecule has 1 rings (SSSR count). The zero-order valence-electron chi connectivity index (χ0n) is 20.2. The Morgan fingerprint density at radius 3 is 2.03 bits per heavy atom. The first-order chi connectivity index (χ1) is 17.0. The minimum Gasteiger partial charge on any atom is -0.492 e. The molecule has 1 atom stereocenters. The molecule has 15 heteroatoms. The second-order valence-electron chi connectivity index (χ2n) is 7.84. The number of carboxylic acids is 1. The average molecular weight is 551 g/mol. The number of carbonyl (C=O) groups is 2. The van der Waals surface area contributed by atoms with Crippen molar-refractivity contribution in [2.45, 2.75) is 57.6 Å². The van der Waals surface area contributed by atoms with E-state index in [-0.39, 0.29) is 31.9 Å². The van der Waals surface area contributed by atoms with Crippen LogP contribution < -0.4 is 4.74 Å². The van der Waals surface area contributed by atoms with Crippen molar-refractivity contribution in [3.63, 3.8) is 0 Å². The monoisotopic (exact) mass is 551 g/mol. The molecular weight excluding hydrogens is 523 g/mol. The lowest BCUT2D eigenvalue weighted by atomic mass is 10.1. The first-order valence-electron chi connectivity index (χ1n) is 11.0. The van der Waals surface area contributed by atoms with Gasteiger partial charge in [-0.2, -0.15) is 30.7 Å². The number of aliphatic carboxylic acids is 1. The van der Waals surface area contributed by atoms with Gasteiger partial charge in [0, 0.05) is 19.6 Å². The van der Waals surface area contributed by atoms with Gasteiger partial charge in [-0.25, -0.2) is 9.59 Å². The number of halogens is 7. The maximum Gasteiger partial charge on any atom is 0.462 e. The van der Waals surface area contributed by atoms with E-state index in [1.165, 1.54) is 26.0 Å². The Morgan fingerprint density at radius 1 is 0.973 bits per heavy atom. The Balaban J connectivity index is 2.73. The standard InChI is InChI=1S/C22H28F7NO7/c1-4-34-17(18(31)32)13-15-5-7-16(8-6-15)35-11-9-30(19(33)37-14(2)3)10-12-36-22(28,29)20(23,24)21(25,26)27/h5-8,14,17H,4,9-13H2,1-3H3,(H,31,32). The van der Waals surface area contributed by atoms with Gasteiger partial charge >= 0.3 is 30.3 Å². The van der Waals surface area contributed by atoms with Crippen LogP contribution >= 0.6 is 0 Å². The molecule has 0 aliphatic heterocycles. The number of hydrogen-bond acceptors (Lipinski definition) is 6. The average Bonchev–Trinajstić information content (AvgIpc) is 2.77. The molecule has 1 aromatic rings. The molecule has 1 N–H and O–H groups in total. The zero-order chi connectivity index (χ0) is 28.4. The van der Waals surface area contributed by atoms with Crippen LogP contribution in [0.15, 0.2) is 24.3 Å². The summed E-state index contributed by atoms with van der Waals surface area (Å²) in [7, 11) is 0. The van der Waals surface area contributed by atoms with Crippen LogP contribution in [0.5, 0.6) is 5.75 Å². The summed E-state index contributed by atoms with van der Waals surface area (Å²) in [5.74, 6) is -7.28. The van der Waals surface area contributed by atoms with Crippen LogP contribution in [0.2, 0.25) is 0 Å². The van der Waals surface area contributed by atoms with E-state index < -0.39 is 55.6 Å². The highest BCUT2D eigenvalue weighted by molar-refractivity contribution is 5.72. The van der Waals surface area contributed by atoms with E-state index in [4.69, 9.17) is 19.3 Å². The summed E-state index contributed by atoms with van der Waals surface area (Å²) >= 11 is 0. The third kappa shape index (κ3) is 9.87. The molecule has 1 unspecified atom stereocenters. The predicted octanol–water partition coefficient (Wildman–Crippen LogP) is 4.75. The first-order valence-corrected chi connectivity index (χ1v) is 11.0. The quantitative estimate of drug-likeness (QED) is 0.315. The fourth-order valence-electron chi connectivity index (χ4n) is 2.74. The van der Waals surface area contributed by atoms with E-state index in [0.29, 0.717) is 5.56 Å². The Hall–Kier alpha value is -2.81. The van der Waals surface area contributed by atoms with Crippen LogP contribution in [0.25, 0.3) is 0 Å². The first kappa shape index (κ1) is 32.2. The fraction of sp³-hybridized carbons (Fsp3) is 0.636. The Kier molecular flexibility index (Phi) is 11.9. The predicted molar refractivity (Wildman–Crippen MR) is 114 cm³/mol. The summed E-state index contributed by atoms with van der Waals surface area (Å²) in [5.41, 5.74) is 0.629. The minimum absolute atomic E-state index is 0.0935. The van der Waals surface area contributed by atoms with E-state index in [1.807, 2.05) is 0 Å². The smallest absolute Gasteiger partial charge is 0.462 e. The van der Waals surface area contributed by atoms with Crippen LogP contribution in [0.1, 0.15) is 26.3 Å². The second-order valence-corrected chi connectivity index (χ2v) is 7.84. The van der Waals surface area contributed by atoms with Gasteiger partial charge in [0.05, 0.1) is 19.3 Å². The molecule has 0 heterocycles. The van der Waals surface area contributed by atoms with Crippen molar-refractivity contribution in [2.24, 2.45) is 0 Å². The highest BCUT2D eigenvalue weighted by Crippen LogP contribution is 2.46. The molecule has 0 radical (unpaired) electrons. The third-order valence-electron chi connectivity index (χ3n) is 4.58. The van der Waals surface area contributed by atoms with Crippen LogP contribution in [-0.2, 0) is 25.4 Å². The van der Waals surface area contributed by atoms with Crippen molar-refractivity contribution in [2.75, 3.05) is 32.9 Å². The third-order valence-corrected chi connectivity index (χ3v) is 4.58. The molecule has 0 fully saturated rings. The Bertz CT molecular complexity index is 864. The number of rotatable bonds is 15. The van der Waals surface area contributed by atoms with Crippen molar-refractivity contribution >= 4 is 12.1 Å². The number of amides is 1. The molecule has 8 nitrogen and oxygen atoms in total. The topological polar surface area (TPSA) is 94.5 Å². The van der Waals surface area contributed by atoms with Crippen LogP contribution in [0.3, 0.4) is 0 Å². The summed E-state index contributed by atoms with van der Waals surface area (Å²) in [6.45, 7) is 2.11.